The number of aryl methyl sites for hydroxylation is 1. The van der Waals surface area contributed by atoms with Crippen molar-refractivity contribution in [1.29, 1.82) is 0 Å². The number of hydrogen-bond donors (Lipinski definition) is 2. The molecule has 1 aliphatic rings. The van der Waals surface area contributed by atoms with Crippen LogP contribution in [-0.2, 0) is 11.2 Å². The van der Waals surface area contributed by atoms with Crippen molar-refractivity contribution in [2.24, 2.45) is 0 Å². The lowest BCUT2D eigenvalue weighted by atomic mass is 9.86. The first kappa shape index (κ1) is 19.6. The summed E-state index contributed by atoms with van der Waals surface area (Å²) in [6.07, 6.45) is 0.521. The predicted octanol–water partition coefficient (Wildman–Crippen LogP) is 4.39. The maximum atomic E-state index is 15.1. The predicted molar refractivity (Wildman–Crippen MR) is 108 cm³/mol. The van der Waals surface area contributed by atoms with Crippen LogP contribution < -0.4 is 0 Å². The Labute approximate surface area is 168 Å². The number of aliphatic hydroxyl groups is 1. The molecule has 1 aliphatic heterocycles. The van der Waals surface area contributed by atoms with Gasteiger partial charge in [-0.1, -0.05) is 18.2 Å². The molecular weight excluding hydrogens is 374 g/mol. The van der Waals surface area contributed by atoms with Gasteiger partial charge in [-0.15, -0.1) is 0 Å². The minimum absolute atomic E-state index is 0.187. The summed E-state index contributed by atoms with van der Waals surface area (Å²) in [5.41, 5.74) is 0.978. The lowest BCUT2D eigenvalue weighted by Gasteiger charge is -2.43. The van der Waals surface area contributed by atoms with Crippen LogP contribution in [0.2, 0.25) is 0 Å². The maximum absolute atomic E-state index is 15.1. The minimum Gasteiger partial charge on any atom is -0.381 e. The summed E-state index contributed by atoms with van der Waals surface area (Å²) >= 11 is 0. The zero-order chi connectivity index (χ0) is 21.1. The molecule has 0 unspecified atom stereocenters. The fraction of sp³-hybridized carbons (Fsp3) is 0.348. The van der Waals surface area contributed by atoms with E-state index in [4.69, 9.17) is 0 Å². The summed E-state index contributed by atoms with van der Waals surface area (Å²) in [5.74, 6) is -1.99. The fourth-order valence-electron chi connectivity index (χ4n) is 4.35. The van der Waals surface area contributed by atoms with Gasteiger partial charge in [-0.2, -0.15) is 0 Å². The molecule has 6 heteroatoms. The molecule has 4 rings (SSSR count). The van der Waals surface area contributed by atoms with Crippen molar-refractivity contribution in [3.8, 4) is 0 Å². The zero-order valence-electron chi connectivity index (χ0n) is 16.9. The number of hydrogen-bond acceptors (Lipinski definition) is 2. The Morgan fingerprint density at radius 1 is 1.21 bits per heavy atom. The Bertz CT molecular complexity index is 1090. The topological polar surface area (TPSA) is 56.3 Å². The first-order valence-corrected chi connectivity index (χ1v) is 9.69. The number of aromatic amines is 1. The second kappa shape index (κ2) is 6.66. The van der Waals surface area contributed by atoms with E-state index in [2.05, 4.69) is 4.98 Å². The lowest BCUT2D eigenvalue weighted by molar-refractivity contribution is -0.152. The number of nitrogens with one attached hydrogen (secondary N) is 1. The standard InChI is InChI=1S/C23H24F2N2O2/c1-12-9-16(24)19(17(25)10-12)21-20-15(14-7-5-6-8-18(14)26-20)11-13(2)27(21)22(28)23(3,4)29/h5-10,13,21,26,29H,11H2,1-4H3/t13-,21-/m1/s1. The van der Waals surface area contributed by atoms with Gasteiger partial charge >= 0.3 is 0 Å². The van der Waals surface area contributed by atoms with Crippen molar-refractivity contribution in [2.45, 2.75) is 51.8 Å². The molecule has 0 saturated carbocycles. The molecule has 0 aliphatic carbocycles. The minimum atomic E-state index is -1.67. The number of H-pyrrole nitrogens is 1. The molecule has 1 aromatic heterocycles. The van der Waals surface area contributed by atoms with Gasteiger partial charge in [0.15, 0.2) is 0 Å². The molecule has 2 atom stereocenters. The molecule has 0 fully saturated rings. The van der Waals surface area contributed by atoms with E-state index in [1.807, 2.05) is 31.2 Å². The Morgan fingerprint density at radius 3 is 2.45 bits per heavy atom. The highest BCUT2D eigenvalue weighted by molar-refractivity contribution is 5.89. The van der Waals surface area contributed by atoms with Crippen molar-refractivity contribution in [3.05, 3.63) is 70.4 Å². The molecule has 29 heavy (non-hydrogen) atoms. The van der Waals surface area contributed by atoms with E-state index < -0.39 is 29.2 Å². The van der Waals surface area contributed by atoms with Gasteiger partial charge in [0.25, 0.3) is 5.91 Å². The highest BCUT2D eigenvalue weighted by atomic mass is 19.1. The zero-order valence-corrected chi connectivity index (χ0v) is 16.9. The van der Waals surface area contributed by atoms with E-state index in [-0.39, 0.29) is 11.6 Å². The van der Waals surface area contributed by atoms with E-state index in [1.165, 1.54) is 30.9 Å². The molecule has 1 amide bonds. The average molecular weight is 398 g/mol. The SMILES string of the molecule is Cc1cc(F)c([C@@H]2c3[nH]c4ccccc4c3C[C@@H](C)N2C(=O)C(C)(C)O)c(F)c1. The van der Waals surface area contributed by atoms with Crippen LogP contribution in [0.15, 0.2) is 36.4 Å². The second-order valence-corrected chi connectivity index (χ2v) is 8.43. The van der Waals surface area contributed by atoms with E-state index in [0.29, 0.717) is 17.7 Å². The van der Waals surface area contributed by atoms with Crippen molar-refractivity contribution in [3.63, 3.8) is 0 Å². The monoisotopic (exact) mass is 398 g/mol. The summed E-state index contributed by atoms with van der Waals surface area (Å²) in [6, 6.07) is 8.85. The van der Waals surface area contributed by atoms with Crippen LogP contribution in [0.5, 0.6) is 0 Å². The Hall–Kier alpha value is -2.73. The number of benzene rings is 2. The molecule has 2 heterocycles. The number of carbonyl (C=O) groups excluding carboxylic acids is 1. The number of nitrogens with zero attached hydrogens (tertiary/aromatic N) is 1. The summed E-state index contributed by atoms with van der Waals surface area (Å²) in [6.45, 7) is 6.24. The number of aromatic nitrogens is 1. The van der Waals surface area contributed by atoms with Crippen molar-refractivity contribution in [2.75, 3.05) is 0 Å². The molecule has 3 aromatic rings. The number of rotatable bonds is 2. The first-order chi connectivity index (χ1) is 13.6. The van der Waals surface area contributed by atoms with E-state index >= 15 is 8.78 Å². The van der Waals surface area contributed by atoms with Gasteiger partial charge in [0, 0.05) is 22.6 Å². The summed E-state index contributed by atoms with van der Waals surface area (Å²) in [4.78, 5) is 17.8. The number of halogens is 2. The van der Waals surface area contributed by atoms with E-state index in [9.17, 15) is 9.90 Å². The Morgan fingerprint density at radius 2 is 1.83 bits per heavy atom. The van der Waals surface area contributed by atoms with Gasteiger partial charge < -0.3 is 15.0 Å². The third kappa shape index (κ3) is 3.12. The van der Waals surface area contributed by atoms with E-state index in [0.717, 1.165) is 16.5 Å². The van der Waals surface area contributed by atoms with Crippen molar-refractivity contribution >= 4 is 16.8 Å². The van der Waals surface area contributed by atoms with Gasteiger partial charge in [-0.3, -0.25) is 4.79 Å². The van der Waals surface area contributed by atoms with E-state index in [1.54, 1.807) is 6.92 Å². The van der Waals surface area contributed by atoms with Crippen LogP contribution in [0.25, 0.3) is 10.9 Å². The third-order valence-electron chi connectivity index (χ3n) is 5.63. The molecule has 0 bridgehead atoms. The largest absolute Gasteiger partial charge is 0.381 e. The van der Waals surface area contributed by atoms with Crippen LogP contribution in [0.4, 0.5) is 8.78 Å². The van der Waals surface area contributed by atoms with Crippen LogP contribution in [-0.4, -0.2) is 32.5 Å². The fourth-order valence-corrected chi connectivity index (χ4v) is 4.35. The highest BCUT2D eigenvalue weighted by Crippen LogP contribution is 2.43. The first-order valence-electron chi connectivity index (χ1n) is 9.69. The summed E-state index contributed by atoms with van der Waals surface area (Å²) in [7, 11) is 0. The van der Waals surface area contributed by atoms with Crippen LogP contribution in [0, 0.1) is 18.6 Å². The molecule has 0 saturated heterocycles. The van der Waals surface area contributed by atoms with Gasteiger partial charge in [0.2, 0.25) is 0 Å². The molecule has 2 N–H and O–H groups in total. The second-order valence-electron chi connectivity index (χ2n) is 8.43. The third-order valence-corrected chi connectivity index (χ3v) is 5.63. The summed E-state index contributed by atoms with van der Waals surface area (Å²) in [5, 5.41) is 11.4. The highest BCUT2D eigenvalue weighted by Gasteiger charge is 2.44. The number of carbonyl (C=O) groups is 1. The van der Waals surface area contributed by atoms with Crippen molar-refractivity contribution < 1.29 is 18.7 Å². The average Bonchev–Trinajstić information content (AvgIpc) is 2.98. The van der Waals surface area contributed by atoms with Crippen LogP contribution >= 0.6 is 0 Å². The molecular formula is C23H24F2N2O2. The van der Waals surface area contributed by atoms with Crippen LogP contribution in [0.1, 0.15) is 49.2 Å². The maximum Gasteiger partial charge on any atom is 0.255 e. The number of amides is 1. The van der Waals surface area contributed by atoms with Crippen molar-refractivity contribution in [1.82, 2.24) is 9.88 Å². The van der Waals surface area contributed by atoms with Gasteiger partial charge in [-0.05, 0) is 63.4 Å². The lowest BCUT2D eigenvalue weighted by Crippen LogP contribution is -2.53. The van der Waals surface area contributed by atoms with Crippen LogP contribution in [0.3, 0.4) is 0 Å². The molecule has 0 radical (unpaired) electrons. The Kier molecular flexibility index (Phi) is 4.50. The smallest absolute Gasteiger partial charge is 0.255 e. The number of para-hydroxylation sites is 1. The molecule has 2 aromatic carbocycles. The molecule has 4 nitrogen and oxygen atoms in total. The van der Waals surface area contributed by atoms with Gasteiger partial charge in [0.1, 0.15) is 23.3 Å². The summed E-state index contributed by atoms with van der Waals surface area (Å²) < 4.78 is 30.1. The van der Waals surface area contributed by atoms with Gasteiger partial charge in [-0.25, -0.2) is 8.78 Å². The number of fused-ring (bicyclic) bond motifs is 3. The quantitative estimate of drug-likeness (QED) is 0.673. The molecule has 152 valence electrons. The normalized spacial score (nSPS) is 19.5. The Balaban J connectivity index is 2.02. The molecule has 0 spiro atoms. The van der Waals surface area contributed by atoms with Gasteiger partial charge in [0.05, 0.1) is 5.56 Å².